The van der Waals surface area contributed by atoms with Crippen molar-refractivity contribution in [2.45, 2.75) is 6.42 Å². The van der Waals surface area contributed by atoms with E-state index in [-0.39, 0.29) is 17.5 Å². The van der Waals surface area contributed by atoms with Gasteiger partial charge >= 0.3 is 0 Å². The minimum absolute atomic E-state index is 0.137. The summed E-state index contributed by atoms with van der Waals surface area (Å²) >= 11 is 0. The zero-order valence-electron chi connectivity index (χ0n) is 9.51. The first kappa shape index (κ1) is 12.0. The number of nitrogens with one attached hydrogen (secondary N) is 2. The molecular weight excluding hydrogens is 232 g/mol. The summed E-state index contributed by atoms with van der Waals surface area (Å²) in [5, 5.41) is 6.64. The molecule has 0 bridgehead atoms. The summed E-state index contributed by atoms with van der Waals surface area (Å²) in [5.74, 6) is 4.49. The molecule has 0 radical (unpaired) electrons. The predicted octanol–water partition coefficient (Wildman–Crippen LogP) is -0.0307. The summed E-state index contributed by atoms with van der Waals surface area (Å²) in [6.07, 6.45) is -0.138. The summed E-state index contributed by atoms with van der Waals surface area (Å²) in [7, 11) is 0. The molecule has 2 rings (SSSR count). The number of aromatic amines is 1. The highest BCUT2D eigenvalue weighted by atomic mass is 16.2. The largest absolute Gasteiger partial charge is 0.294 e. The van der Waals surface area contributed by atoms with E-state index >= 15 is 0 Å². The third kappa shape index (κ3) is 2.61. The van der Waals surface area contributed by atoms with Crippen LogP contribution in [0, 0.1) is 0 Å². The van der Waals surface area contributed by atoms with Crippen LogP contribution in [0.25, 0.3) is 11.3 Å². The van der Waals surface area contributed by atoms with E-state index in [0.29, 0.717) is 5.69 Å². The molecule has 0 fully saturated rings. The fourth-order valence-electron chi connectivity index (χ4n) is 1.52. The van der Waals surface area contributed by atoms with Gasteiger partial charge in [-0.05, 0) is 5.56 Å². The van der Waals surface area contributed by atoms with E-state index in [1.807, 2.05) is 35.8 Å². The van der Waals surface area contributed by atoms with Crippen molar-refractivity contribution >= 4 is 5.91 Å². The van der Waals surface area contributed by atoms with Gasteiger partial charge in [0.2, 0.25) is 11.3 Å². The Kier molecular flexibility index (Phi) is 3.49. The fraction of sp³-hybridized carbons (Fsp3) is 0.0833. The highest BCUT2D eigenvalue weighted by molar-refractivity contribution is 5.77. The fourth-order valence-corrected chi connectivity index (χ4v) is 1.52. The molecule has 4 N–H and O–H groups in total. The lowest BCUT2D eigenvalue weighted by molar-refractivity contribution is -0.120. The second kappa shape index (κ2) is 5.24. The number of hydrogen-bond donors (Lipinski definition) is 3. The number of carbonyl (C=O) groups excluding carboxylic acids is 1. The molecule has 6 nitrogen and oxygen atoms in total. The molecule has 0 spiro atoms. The zero-order valence-corrected chi connectivity index (χ0v) is 9.51. The van der Waals surface area contributed by atoms with Crippen molar-refractivity contribution in [3.63, 3.8) is 0 Å². The van der Waals surface area contributed by atoms with Gasteiger partial charge in [-0.1, -0.05) is 30.3 Å². The first-order valence-corrected chi connectivity index (χ1v) is 5.34. The van der Waals surface area contributed by atoms with E-state index in [1.165, 1.54) is 6.07 Å². The van der Waals surface area contributed by atoms with Gasteiger partial charge in [0.1, 0.15) is 5.69 Å². The maximum atomic E-state index is 11.8. The Labute approximate surface area is 103 Å². The SMILES string of the molecule is NNC(=O)Cc1n[nH]c(-c2ccccc2)cc1=O. The van der Waals surface area contributed by atoms with E-state index in [0.717, 1.165) is 5.56 Å². The Hall–Kier alpha value is -2.47. The van der Waals surface area contributed by atoms with Crippen molar-refractivity contribution in [2.24, 2.45) is 5.84 Å². The van der Waals surface area contributed by atoms with Gasteiger partial charge in [0, 0.05) is 6.07 Å². The van der Waals surface area contributed by atoms with Gasteiger partial charge < -0.3 is 0 Å². The molecule has 1 aromatic carbocycles. The molecule has 92 valence electrons. The van der Waals surface area contributed by atoms with Crippen molar-refractivity contribution in [3.8, 4) is 11.3 Å². The molecule has 0 atom stereocenters. The summed E-state index contributed by atoms with van der Waals surface area (Å²) in [6.45, 7) is 0. The van der Waals surface area contributed by atoms with E-state index in [9.17, 15) is 9.59 Å². The van der Waals surface area contributed by atoms with Gasteiger partial charge in [-0.15, -0.1) is 0 Å². The number of H-pyrrole nitrogens is 1. The maximum Gasteiger partial charge on any atom is 0.240 e. The normalized spacial score (nSPS) is 10.1. The highest BCUT2D eigenvalue weighted by Gasteiger charge is 2.08. The van der Waals surface area contributed by atoms with Crippen LogP contribution in [0.1, 0.15) is 5.69 Å². The zero-order chi connectivity index (χ0) is 13.0. The van der Waals surface area contributed by atoms with Crippen LogP contribution in [-0.2, 0) is 11.2 Å². The lowest BCUT2D eigenvalue weighted by Gasteiger charge is -2.02. The predicted molar refractivity (Wildman–Crippen MR) is 66.3 cm³/mol. The minimum atomic E-state index is -0.458. The summed E-state index contributed by atoms with van der Waals surface area (Å²) in [4.78, 5) is 22.8. The molecule has 6 heteroatoms. The number of amides is 1. The first-order chi connectivity index (χ1) is 8.70. The number of rotatable bonds is 3. The molecule has 1 aromatic heterocycles. The highest BCUT2D eigenvalue weighted by Crippen LogP contribution is 2.13. The number of aromatic nitrogens is 2. The minimum Gasteiger partial charge on any atom is -0.294 e. The summed E-state index contributed by atoms with van der Waals surface area (Å²) in [5.41, 5.74) is 3.26. The van der Waals surface area contributed by atoms with Gasteiger partial charge in [0.25, 0.3) is 0 Å². The molecule has 0 aliphatic heterocycles. The van der Waals surface area contributed by atoms with Crippen LogP contribution in [0.2, 0.25) is 0 Å². The Morgan fingerprint density at radius 3 is 2.67 bits per heavy atom. The van der Waals surface area contributed by atoms with Crippen LogP contribution in [0.4, 0.5) is 0 Å². The van der Waals surface area contributed by atoms with Crippen LogP contribution >= 0.6 is 0 Å². The smallest absolute Gasteiger partial charge is 0.240 e. The topological polar surface area (TPSA) is 101 Å². The first-order valence-electron chi connectivity index (χ1n) is 5.34. The Morgan fingerprint density at radius 1 is 1.33 bits per heavy atom. The molecule has 0 aliphatic rings. The molecule has 1 heterocycles. The van der Waals surface area contributed by atoms with E-state index in [2.05, 4.69) is 10.2 Å². The number of hydrogen-bond acceptors (Lipinski definition) is 4. The van der Waals surface area contributed by atoms with Crippen molar-refractivity contribution in [1.82, 2.24) is 15.6 Å². The molecule has 0 aliphatic carbocycles. The van der Waals surface area contributed by atoms with Crippen molar-refractivity contribution < 1.29 is 4.79 Å². The van der Waals surface area contributed by atoms with Crippen LogP contribution in [0.5, 0.6) is 0 Å². The third-order valence-corrected chi connectivity index (χ3v) is 2.44. The number of nitrogens with two attached hydrogens (primary N) is 1. The number of hydrazine groups is 1. The molecule has 18 heavy (non-hydrogen) atoms. The molecule has 2 aromatic rings. The summed E-state index contributed by atoms with van der Waals surface area (Å²) in [6, 6.07) is 10.8. The Morgan fingerprint density at radius 2 is 2.06 bits per heavy atom. The quantitative estimate of drug-likeness (QED) is 0.401. The molecule has 0 saturated heterocycles. The Balaban J connectivity index is 2.31. The van der Waals surface area contributed by atoms with Crippen LogP contribution in [0.15, 0.2) is 41.2 Å². The van der Waals surface area contributed by atoms with Crippen molar-refractivity contribution in [3.05, 3.63) is 52.3 Å². The van der Waals surface area contributed by atoms with Gasteiger partial charge in [-0.25, -0.2) is 5.84 Å². The number of carbonyl (C=O) groups is 1. The van der Waals surface area contributed by atoms with E-state index < -0.39 is 5.91 Å². The van der Waals surface area contributed by atoms with E-state index in [1.54, 1.807) is 0 Å². The van der Waals surface area contributed by atoms with Crippen molar-refractivity contribution in [2.75, 3.05) is 0 Å². The monoisotopic (exact) mass is 244 g/mol. The van der Waals surface area contributed by atoms with Crippen LogP contribution in [0.3, 0.4) is 0 Å². The summed E-state index contributed by atoms with van der Waals surface area (Å²) < 4.78 is 0. The average Bonchev–Trinajstić information content (AvgIpc) is 2.42. The van der Waals surface area contributed by atoms with Gasteiger partial charge in [-0.3, -0.25) is 20.1 Å². The third-order valence-electron chi connectivity index (χ3n) is 2.44. The number of benzene rings is 1. The van der Waals surface area contributed by atoms with Crippen LogP contribution in [-0.4, -0.2) is 16.1 Å². The average molecular weight is 244 g/mol. The molecule has 0 saturated carbocycles. The lowest BCUT2D eigenvalue weighted by Crippen LogP contribution is -2.33. The molecular formula is C12H12N4O2. The number of nitrogens with zero attached hydrogens (tertiary/aromatic N) is 1. The van der Waals surface area contributed by atoms with Gasteiger partial charge in [0.15, 0.2) is 0 Å². The lowest BCUT2D eigenvalue weighted by atomic mass is 10.1. The second-order valence-electron chi connectivity index (χ2n) is 3.70. The van der Waals surface area contributed by atoms with Crippen LogP contribution < -0.4 is 16.7 Å². The molecule has 0 unspecified atom stereocenters. The van der Waals surface area contributed by atoms with Gasteiger partial charge in [0.05, 0.1) is 12.1 Å². The maximum absolute atomic E-state index is 11.8. The van der Waals surface area contributed by atoms with Crippen molar-refractivity contribution in [1.29, 1.82) is 0 Å². The van der Waals surface area contributed by atoms with E-state index in [4.69, 9.17) is 5.84 Å². The molecule has 1 amide bonds. The van der Waals surface area contributed by atoms with Gasteiger partial charge in [-0.2, -0.15) is 5.10 Å². The Bertz CT molecular complexity index is 607. The standard InChI is InChI=1S/C12H12N4O2/c13-14-12(18)7-10-11(17)6-9(15-16-10)8-4-2-1-3-5-8/h1-6H,7,13H2,(H,14,18)(H,15,17). The second-order valence-corrected chi connectivity index (χ2v) is 3.70.